The molecule has 0 fully saturated rings. The molecular weight excluding hydrogens is 332 g/mol. The average Bonchev–Trinajstić information content (AvgIpc) is 3.06. The van der Waals surface area contributed by atoms with E-state index in [9.17, 15) is 14.9 Å². The number of amides is 1. The van der Waals surface area contributed by atoms with Gasteiger partial charge in [-0.3, -0.25) is 14.9 Å². The topological polar surface area (TPSA) is 90.1 Å². The number of nitrogens with zero attached hydrogens (tertiary/aromatic N) is 3. The van der Waals surface area contributed by atoms with Crippen LogP contribution in [0.15, 0.2) is 60.9 Å². The van der Waals surface area contributed by atoms with Crippen LogP contribution in [0.5, 0.6) is 0 Å². The van der Waals surface area contributed by atoms with Gasteiger partial charge < -0.3 is 9.88 Å². The van der Waals surface area contributed by atoms with Crippen LogP contribution in [0.1, 0.15) is 33.4 Å². The highest BCUT2D eigenvalue weighted by Crippen LogP contribution is 2.24. The number of nitro groups is 1. The number of carbonyl (C=O) groups is 1. The number of rotatable bonds is 5. The van der Waals surface area contributed by atoms with Crippen molar-refractivity contribution in [2.45, 2.75) is 13.0 Å². The van der Waals surface area contributed by atoms with Crippen LogP contribution in [0.2, 0.25) is 0 Å². The summed E-state index contributed by atoms with van der Waals surface area (Å²) in [6.07, 6.45) is 3.46. The van der Waals surface area contributed by atoms with E-state index in [1.165, 1.54) is 12.1 Å². The molecule has 3 aromatic rings. The molecule has 1 aromatic heterocycles. The fraction of sp³-hybridized carbons (Fsp3) is 0.158. The lowest BCUT2D eigenvalue weighted by molar-refractivity contribution is -0.385. The highest BCUT2D eigenvalue weighted by atomic mass is 16.6. The van der Waals surface area contributed by atoms with Gasteiger partial charge in [0, 0.05) is 36.6 Å². The molecule has 3 rings (SSSR count). The molecule has 7 heteroatoms. The number of hydrogen-bond acceptors (Lipinski definition) is 4. The molecule has 7 nitrogen and oxygen atoms in total. The monoisotopic (exact) mass is 350 g/mol. The summed E-state index contributed by atoms with van der Waals surface area (Å²) in [5.41, 5.74) is 1.40. The van der Waals surface area contributed by atoms with E-state index in [2.05, 4.69) is 10.3 Å². The van der Waals surface area contributed by atoms with Gasteiger partial charge in [0.1, 0.15) is 11.9 Å². The maximum atomic E-state index is 12.9. The van der Waals surface area contributed by atoms with Crippen LogP contribution in [0.25, 0.3) is 0 Å². The van der Waals surface area contributed by atoms with Crippen LogP contribution >= 0.6 is 0 Å². The number of carbonyl (C=O) groups excluding carboxylic acids is 1. The lowest BCUT2D eigenvalue weighted by atomic mass is 10.0. The van der Waals surface area contributed by atoms with Gasteiger partial charge >= 0.3 is 0 Å². The standard InChI is InChI=1S/C19H18N4O3/c1-13-15(9-6-10-16(13)23(25)26)19(24)21-17(14-7-4-3-5-8-14)18-20-11-12-22(18)2/h3-12,17H,1-2H3,(H,21,24)/t17-/m1/s1. The highest BCUT2D eigenvalue weighted by Gasteiger charge is 2.24. The summed E-state index contributed by atoms with van der Waals surface area (Å²) in [6.45, 7) is 1.57. The summed E-state index contributed by atoms with van der Waals surface area (Å²) in [5.74, 6) is 0.288. The molecule has 1 amide bonds. The van der Waals surface area contributed by atoms with Crippen molar-refractivity contribution in [1.29, 1.82) is 0 Å². The second-order valence-corrected chi connectivity index (χ2v) is 5.92. The van der Waals surface area contributed by atoms with Gasteiger partial charge in [0.25, 0.3) is 11.6 Å². The molecule has 0 saturated heterocycles. The molecule has 0 spiro atoms. The Labute approximate surface area is 150 Å². The molecule has 1 N–H and O–H groups in total. The zero-order valence-electron chi connectivity index (χ0n) is 14.4. The minimum atomic E-state index is -0.487. The van der Waals surface area contributed by atoms with E-state index in [1.807, 2.05) is 41.9 Å². The number of benzene rings is 2. The third-order valence-electron chi connectivity index (χ3n) is 4.27. The molecule has 0 aliphatic rings. The van der Waals surface area contributed by atoms with E-state index in [0.717, 1.165) is 5.56 Å². The van der Waals surface area contributed by atoms with Gasteiger partial charge in [-0.05, 0) is 18.6 Å². The SMILES string of the molecule is Cc1c(C(=O)N[C@H](c2ccccc2)c2nccn2C)cccc1[N+](=O)[O-]. The second-order valence-electron chi connectivity index (χ2n) is 5.92. The van der Waals surface area contributed by atoms with Gasteiger partial charge in [-0.2, -0.15) is 0 Å². The van der Waals surface area contributed by atoms with Crippen molar-refractivity contribution in [3.63, 3.8) is 0 Å². The van der Waals surface area contributed by atoms with E-state index in [0.29, 0.717) is 11.4 Å². The van der Waals surface area contributed by atoms with Gasteiger partial charge in [-0.25, -0.2) is 4.98 Å². The second kappa shape index (κ2) is 7.18. The van der Waals surface area contributed by atoms with Crippen LogP contribution in [-0.4, -0.2) is 20.4 Å². The van der Waals surface area contributed by atoms with Gasteiger partial charge in [0.15, 0.2) is 0 Å². The quantitative estimate of drug-likeness (QED) is 0.565. The first-order valence-corrected chi connectivity index (χ1v) is 8.06. The lowest BCUT2D eigenvalue weighted by Crippen LogP contribution is -2.31. The first-order chi connectivity index (χ1) is 12.5. The van der Waals surface area contributed by atoms with Crippen LogP contribution in [0, 0.1) is 17.0 Å². The molecule has 0 saturated carbocycles. The summed E-state index contributed by atoms with van der Waals surface area (Å²) in [5, 5.41) is 14.1. The smallest absolute Gasteiger partial charge is 0.273 e. The van der Waals surface area contributed by atoms with Crippen molar-refractivity contribution in [2.75, 3.05) is 0 Å². The Morgan fingerprint density at radius 3 is 2.54 bits per heavy atom. The molecule has 0 radical (unpaired) electrons. The van der Waals surface area contributed by atoms with Crippen molar-refractivity contribution in [1.82, 2.24) is 14.9 Å². The Morgan fingerprint density at radius 2 is 1.92 bits per heavy atom. The molecule has 1 heterocycles. The Morgan fingerprint density at radius 1 is 1.19 bits per heavy atom. The van der Waals surface area contributed by atoms with E-state index in [1.54, 1.807) is 25.4 Å². The molecule has 0 unspecified atom stereocenters. The molecule has 0 bridgehead atoms. The lowest BCUT2D eigenvalue weighted by Gasteiger charge is -2.19. The summed E-state index contributed by atoms with van der Waals surface area (Å²) in [4.78, 5) is 27.9. The van der Waals surface area contributed by atoms with E-state index in [4.69, 9.17) is 0 Å². The molecule has 26 heavy (non-hydrogen) atoms. The van der Waals surface area contributed by atoms with Crippen molar-refractivity contribution < 1.29 is 9.72 Å². The minimum absolute atomic E-state index is 0.0779. The summed E-state index contributed by atoms with van der Waals surface area (Å²) >= 11 is 0. The van der Waals surface area contributed by atoms with Crippen molar-refractivity contribution in [2.24, 2.45) is 7.05 Å². The van der Waals surface area contributed by atoms with Crippen molar-refractivity contribution >= 4 is 11.6 Å². The summed E-state index contributed by atoms with van der Waals surface area (Å²) in [7, 11) is 1.85. The molecule has 0 aliphatic carbocycles. The first-order valence-electron chi connectivity index (χ1n) is 8.06. The highest BCUT2D eigenvalue weighted by molar-refractivity contribution is 5.97. The number of hydrogen-bond donors (Lipinski definition) is 1. The van der Waals surface area contributed by atoms with Crippen LogP contribution in [0.4, 0.5) is 5.69 Å². The molecule has 132 valence electrons. The zero-order chi connectivity index (χ0) is 18.7. The number of nitro benzene ring substituents is 1. The maximum absolute atomic E-state index is 12.9. The number of aromatic nitrogens is 2. The summed E-state index contributed by atoms with van der Waals surface area (Å²) in [6, 6.07) is 13.5. The van der Waals surface area contributed by atoms with Crippen LogP contribution < -0.4 is 5.32 Å². The van der Waals surface area contributed by atoms with Gasteiger partial charge in [-0.1, -0.05) is 36.4 Å². The molecular formula is C19H18N4O3. The molecule has 2 aromatic carbocycles. The third kappa shape index (κ3) is 3.32. The molecule has 0 aliphatic heterocycles. The normalized spacial score (nSPS) is 11.8. The maximum Gasteiger partial charge on any atom is 0.273 e. The number of nitrogens with one attached hydrogen (secondary N) is 1. The Hall–Kier alpha value is -3.48. The largest absolute Gasteiger partial charge is 0.338 e. The van der Waals surface area contributed by atoms with Gasteiger partial charge in [-0.15, -0.1) is 0 Å². The van der Waals surface area contributed by atoms with Gasteiger partial charge in [0.05, 0.1) is 4.92 Å². The fourth-order valence-electron chi connectivity index (χ4n) is 2.87. The van der Waals surface area contributed by atoms with Crippen molar-refractivity contribution in [3.05, 3.63) is 93.6 Å². The Bertz CT molecular complexity index is 950. The first kappa shape index (κ1) is 17.3. The predicted molar refractivity (Wildman–Crippen MR) is 96.8 cm³/mol. The zero-order valence-corrected chi connectivity index (χ0v) is 14.4. The predicted octanol–water partition coefficient (Wildman–Crippen LogP) is 3.16. The minimum Gasteiger partial charge on any atom is -0.338 e. The van der Waals surface area contributed by atoms with E-state index < -0.39 is 11.0 Å². The van der Waals surface area contributed by atoms with Crippen LogP contribution in [-0.2, 0) is 7.05 Å². The Balaban J connectivity index is 1.98. The third-order valence-corrected chi connectivity index (χ3v) is 4.27. The number of imidazole rings is 1. The van der Waals surface area contributed by atoms with Gasteiger partial charge in [0.2, 0.25) is 0 Å². The van der Waals surface area contributed by atoms with Crippen LogP contribution in [0.3, 0.4) is 0 Å². The van der Waals surface area contributed by atoms with Crippen molar-refractivity contribution in [3.8, 4) is 0 Å². The average molecular weight is 350 g/mol. The van der Waals surface area contributed by atoms with E-state index >= 15 is 0 Å². The van der Waals surface area contributed by atoms with E-state index in [-0.39, 0.29) is 17.2 Å². The molecule has 1 atom stereocenters. The summed E-state index contributed by atoms with van der Waals surface area (Å²) < 4.78 is 1.83. The Kier molecular flexibility index (Phi) is 4.79. The number of aryl methyl sites for hydroxylation is 1. The fourth-order valence-corrected chi connectivity index (χ4v) is 2.87.